The van der Waals surface area contributed by atoms with Gasteiger partial charge in [0.1, 0.15) is 6.04 Å². The molecule has 3 fully saturated rings. The highest BCUT2D eigenvalue weighted by Gasteiger charge is 2.52. The Bertz CT molecular complexity index is 866. The Morgan fingerprint density at radius 2 is 1.79 bits per heavy atom. The second-order valence-corrected chi connectivity index (χ2v) is 9.60. The van der Waals surface area contributed by atoms with Gasteiger partial charge in [0, 0.05) is 45.1 Å². The first-order valence-electron chi connectivity index (χ1n) is 11.7. The smallest absolute Gasteiger partial charge is 0.385 e. The molecule has 1 saturated carbocycles. The summed E-state index contributed by atoms with van der Waals surface area (Å²) in [7, 11) is 0. The number of halogens is 3. The average molecular weight is 468 g/mol. The van der Waals surface area contributed by atoms with Crippen LogP contribution in [0.25, 0.3) is 0 Å². The zero-order chi connectivity index (χ0) is 23.8. The summed E-state index contributed by atoms with van der Waals surface area (Å²) in [5.41, 5.74) is -0.236. The number of carbonyl (C=O) groups is 2. The molecule has 0 radical (unpaired) electrons. The number of nitrogens with zero attached hydrogens (tertiary/aromatic N) is 3. The van der Waals surface area contributed by atoms with Crippen molar-refractivity contribution in [3.8, 4) is 0 Å². The number of hydrogen-bond donors (Lipinski definition) is 1. The molecular weight excluding hydrogens is 435 g/mol. The molecule has 3 aliphatic rings. The minimum Gasteiger partial charge on any atom is -0.385 e. The summed E-state index contributed by atoms with van der Waals surface area (Å²) >= 11 is 0. The van der Waals surface area contributed by atoms with Crippen LogP contribution < -0.4 is 0 Å². The summed E-state index contributed by atoms with van der Waals surface area (Å²) < 4.78 is 39.8. The SMILES string of the molecule is CC(=O)N1CCN(CC(F)(F)F)C(C(=O)N2CCC(O)(c3ccccc3)[C@@H]3CCCC[C@@H]32)C1. The first kappa shape index (κ1) is 24.0. The summed E-state index contributed by atoms with van der Waals surface area (Å²) in [5.74, 6) is -0.778. The fourth-order valence-electron chi connectivity index (χ4n) is 5.99. The molecular formula is C24H32F3N3O3. The molecule has 33 heavy (non-hydrogen) atoms. The van der Waals surface area contributed by atoms with Gasteiger partial charge in [-0.25, -0.2) is 0 Å². The molecule has 2 aliphatic heterocycles. The van der Waals surface area contributed by atoms with Crippen molar-refractivity contribution in [1.29, 1.82) is 0 Å². The fourth-order valence-corrected chi connectivity index (χ4v) is 5.99. The molecule has 2 amide bonds. The van der Waals surface area contributed by atoms with Gasteiger partial charge in [-0.2, -0.15) is 13.2 Å². The summed E-state index contributed by atoms with van der Waals surface area (Å²) in [6.07, 6.45) is -0.761. The van der Waals surface area contributed by atoms with E-state index in [1.54, 1.807) is 4.90 Å². The number of amides is 2. The van der Waals surface area contributed by atoms with Gasteiger partial charge in [-0.05, 0) is 24.8 Å². The van der Waals surface area contributed by atoms with E-state index in [-0.39, 0.29) is 50.0 Å². The number of alkyl halides is 3. The van der Waals surface area contributed by atoms with E-state index in [9.17, 15) is 27.9 Å². The highest BCUT2D eigenvalue weighted by Crippen LogP contribution is 2.47. The second kappa shape index (κ2) is 9.25. The van der Waals surface area contributed by atoms with Crippen LogP contribution in [-0.4, -0.2) is 82.6 Å². The van der Waals surface area contributed by atoms with E-state index in [0.29, 0.717) is 12.8 Å². The van der Waals surface area contributed by atoms with Crippen molar-refractivity contribution in [1.82, 2.24) is 14.7 Å². The summed E-state index contributed by atoms with van der Waals surface area (Å²) in [6.45, 7) is 0.618. The quantitative estimate of drug-likeness (QED) is 0.743. The van der Waals surface area contributed by atoms with E-state index in [1.165, 1.54) is 11.8 Å². The maximum Gasteiger partial charge on any atom is 0.401 e. The first-order chi connectivity index (χ1) is 15.6. The van der Waals surface area contributed by atoms with Gasteiger partial charge >= 0.3 is 6.18 Å². The van der Waals surface area contributed by atoms with Crippen molar-refractivity contribution in [3.05, 3.63) is 35.9 Å². The standard InChI is InChI=1S/C24H32F3N3O3/c1-17(31)28-13-14-29(16-24(25,26)27)21(15-28)22(32)30-12-11-23(33,18-7-3-2-4-8-18)19-9-5-6-10-20(19)30/h2-4,7-8,19-21,33H,5-6,9-16H2,1H3/t19-,20+,21?,23?/m1/s1. The lowest BCUT2D eigenvalue weighted by atomic mass is 9.66. The molecule has 2 heterocycles. The molecule has 4 atom stereocenters. The number of benzene rings is 1. The van der Waals surface area contributed by atoms with E-state index in [4.69, 9.17) is 0 Å². The molecule has 2 unspecified atom stereocenters. The molecule has 1 aromatic carbocycles. The van der Waals surface area contributed by atoms with Crippen LogP contribution in [0, 0.1) is 5.92 Å². The number of likely N-dealkylation sites (tertiary alicyclic amines) is 1. The lowest BCUT2D eigenvalue weighted by Gasteiger charge is -2.54. The largest absolute Gasteiger partial charge is 0.401 e. The fraction of sp³-hybridized carbons (Fsp3) is 0.667. The number of hydrogen-bond acceptors (Lipinski definition) is 4. The topological polar surface area (TPSA) is 64.1 Å². The lowest BCUT2D eigenvalue weighted by Crippen LogP contribution is -2.66. The van der Waals surface area contributed by atoms with Crippen molar-refractivity contribution in [2.45, 2.75) is 62.9 Å². The molecule has 6 nitrogen and oxygen atoms in total. The number of carbonyl (C=O) groups excluding carboxylic acids is 2. The predicted molar refractivity (Wildman–Crippen MR) is 116 cm³/mol. The normalized spacial score (nSPS) is 31.2. The third-order valence-corrected chi connectivity index (χ3v) is 7.64. The van der Waals surface area contributed by atoms with Crippen molar-refractivity contribution in [3.63, 3.8) is 0 Å². The molecule has 182 valence electrons. The van der Waals surface area contributed by atoms with Gasteiger partial charge in [-0.15, -0.1) is 0 Å². The Kier molecular flexibility index (Phi) is 6.73. The van der Waals surface area contributed by atoms with Gasteiger partial charge in [0.2, 0.25) is 11.8 Å². The van der Waals surface area contributed by atoms with Crippen LogP contribution >= 0.6 is 0 Å². The van der Waals surface area contributed by atoms with Gasteiger partial charge < -0.3 is 14.9 Å². The molecule has 0 spiro atoms. The highest BCUT2D eigenvalue weighted by atomic mass is 19.4. The number of piperidine rings is 1. The van der Waals surface area contributed by atoms with Crippen LogP contribution in [0.2, 0.25) is 0 Å². The summed E-state index contributed by atoms with van der Waals surface area (Å²) in [5, 5.41) is 11.7. The van der Waals surface area contributed by atoms with E-state index < -0.39 is 24.4 Å². The minimum absolute atomic E-state index is 0.00534. The number of piperazine rings is 1. The maximum absolute atomic E-state index is 13.7. The molecule has 1 aliphatic carbocycles. The zero-order valence-electron chi connectivity index (χ0n) is 18.9. The Morgan fingerprint density at radius 3 is 2.45 bits per heavy atom. The van der Waals surface area contributed by atoms with Gasteiger partial charge in [0.15, 0.2) is 0 Å². The predicted octanol–water partition coefficient (Wildman–Crippen LogP) is 2.76. The van der Waals surface area contributed by atoms with Crippen molar-refractivity contribution in [2.24, 2.45) is 5.92 Å². The van der Waals surface area contributed by atoms with E-state index in [0.717, 1.165) is 29.7 Å². The number of aliphatic hydroxyl groups is 1. The van der Waals surface area contributed by atoms with Crippen LogP contribution in [-0.2, 0) is 15.2 Å². The molecule has 2 saturated heterocycles. The van der Waals surface area contributed by atoms with Crippen LogP contribution in [0.5, 0.6) is 0 Å². The summed E-state index contributed by atoms with van der Waals surface area (Å²) in [6, 6.07) is 8.20. The maximum atomic E-state index is 13.7. The Balaban J connectivity index is 1.60. The van der Waals surface area contributed by atoms with E-state index >= 15 is 0 Å². The van der Waals surface area contributed by atoms with Gasteiger partial charge in [-0.1, -0.05) is 43.2 Å². The number of rotatable bonds is 3. The molecule has 4 rings (SSSR count). The van der Waals surface area contributed by atoms with Crippen molar-refractivity contribution >= 4 is 11.8 Å². The van der Waals surface area contributed by atoms with Gasteiger partial charge in [0.25, 0.3) is 0 Å². The molecule has 1 aromatic rings. The molecule has 1 N–H and O–H groups in total. The minimum atomic E-state index is -4.43. The van der Waals surface area contributed by atoms with Crippen LogP contribution in [0.4, 0.5) is 13.2 Å². The monoisotopic (exact) mass is 467 g/mol. The zero-order valence-corrected chi connectivity index (χ0v) is 18.9. The van der Waals surface area contributed by atoms with Crippen LogP contribution in [0.1, 0.15) is 44.6 Å². The van der Waals surface area contributed by atoms with Gasteiger partial charge in [0.05, 0.1) is 12.1 Å². The van der Waals surface area contributed by atoms with E-state index in [1.807, 2.05) is 30.3 Å². The Morgan fingerprint density at radius 1 is 1.09 bits per heavy atom. The average Bonchev–Trinajstić information content (AvgIpc) is 2.79. The lowest BCUT2D eigenvalue weighted by molar-refractivity contribution is -0.174. The molecule has 0 bridgehead atoms. The Labute approximate surface area is 192 Å². The first-order valence-corrected chi connectivity index (χ1v) is 11.7. The van der Waals surface area contributed by atoms with Gasteiger partial charge in [-0.3, -0.25) is 14.5 Å². The summed E-state index contributed by atoms with van der Waals surface area (Å²) in [4.78, 5) is 30.0. The molecule has 0 aromatic heterocycles. The van der Waals surface area contributed by atoms with Crippen LogP contribution in [0.3, 0.4) is 0 Å². The third-order valence-electron chi connectivity index (χ3n) is 7.64. The second-order valence-electron chi connectivity index (χ2n) is 9.60. The Hall–Kier alpha value is -2.13. The highest BCUT2D eigenvalue weighted by molar-refractivity contribution is 5.84. The van der Waals surface area contributed by atoms with Crippen molar-refractivity contribution < 1.29 is 27.9 Å². The number of fused-ring (bicyclic) bond motifs is 1. The van der Waals surface area contributed by atoms with Crippen molar-refractivity contribution in [2.75, 3.05) is 32.7 Å². The van der Waals surface area contributed by atoms with Crippen LogP contribution in [0.15, 0.2) is 30.3 Å². The van der Waals surface area contributed by atoms with E-state index in [2.05, 4.69) is 0 Å². The molecule has 9 heteroatoms. The third kappa shape index (κ3) is 4.89.